The quantitative estimate of drug-likeness (QED) is 0.860. The summed E-state index contributed by atoms with van der Waals surface area (Å²) in [5.41, 5.74) is 7.95. The molecule has 0 amide bonds. The summed E-state index contributed by atoms with van der Waals surface area (Å²) in [6, 6.07) is 10.4. The van der Waals surface area contributed by atoms with Crippen LogP contribution in [-0.2, 0) is 6.42 Å². The van der Waals surface area contributed by atoms with Crippen LogP contribution in [-0.4, -0.2) is 11.5 Å². The molecule has 0 aliphatic carbocycles. The summed E-state index contributed by atoms with van der Waals surface area (Å²) in [6.07, 6.45) is 0.856. The minimum Gasteiger partial charge on any atom is -0.330 e. The SMILES string of the molecule is Cc1nc(CCN)c(-c2ccccc2)s1. The summed E-state index contributed by atoms with van der Waals surface area (Å²) < 4.78 is 0. The lowest BCUT2D eigenvalue weighted by Gasteiger charge is -2.00. The monoisotopic (exact) mass is 218 g/mol. The molecule has 15 heavy (non-hydrogen) atoms. The van der Waals surface area contributed by atoms with E-state index in [2.05, 4.69) is 29.2 Å². The molecule has 2 rings (SSSR count). The largest absolute Gasteiger partial charge is 0.330 e. The summed E-state index contributed by atoms with van der Waals surface area (Å²) in [5, 5.41) is 1.11. The number of hydrogen-bond donors (Lipinski definition) is 1. The first-order chi connectivity index (χ1) is 7.31. The molecule has 0 atom stereocenters. The highest BCUT2D eigenvalue weighted by Gasteiger charge is 2.09. The van der Waals surface area contributed by atoms with Crippen LogP contribution in [0.5, 0.6) is 0 Å². The molecule has 0 saturated heterocycles. The smallest absolute Gasteiger partial charge is 0.0903 e. The van der Waals surface area contributed by atoms with Gasteiger partial charge in [-0.25, -0.2) is 4.98 Å². The van der Waals surface area contributed by atoms with Crippen molar-refractivity contribution >= 4 is 11.3 Å². The van der Waals surface area contributed by atoms with Gasteiger partial charge in [-0.3, -0.25) is 0 Å². The van der Waals surface area contributed by atoms with Gasteiger partial charge >= 0.3 is 0 Å². The molecular weight excluding hydrogens is 204 g/mol. The Balaban J connectivity index is 2.43. The van der Waals surface area contributed by atoms with Crippen molar-refractivity contribution in [3.63, 3.8) is 0 Å². The van der Waals surface area contributed by atoms with E-state index in [0.717, 1.165) is 17.1 Å². The maximum absolute atomic E-state index is 5.58. The van der Waals surface area contributed by atoms with Gasteiger partial charge in [-0.05, 0) is 19.0 Å². The number of nitrogens with zero attached hydrogens (tertiary/aromatic N) is 1. The number of aryl methyl sites for hydroxylation is 1. The number of nitrogens with two attached hydrogens (primary N) is 1. The predicted molar refractivity (Wildman–Crippen MR) is 65.0 cm³/mol. The van der Waals surface area contributed by atoms with Crippen molar-refractivity contribution < 1.29 is 0 Å². The Bertz CT molecular complexity index is 434. The highest BCUT2D eigenvalue weighted by molar-refractivity contribution is 7.15. The van der Waals surface area contributed by atoms with Crippen LogP contribution in [0.2, 0.25) is 0 Å². The van der Waals surface area contributed by atoms with Gasteiger partial charge in [0.15, 0.2) is 0 Å². The first kappa shape index (κ1) is 10.3. The summed E-state index contributed by atoms with van der Waals surface area (Å²) in [4.78, 5) is 5.78. The van der Waals surface area contributed by atoms with Crippen molar-refractivity contribution in [2.75, 3.05) is 6.54 Å². The number of hydrogen-bond acceptors (Lipinski definition) is 3. The molecule has 1 heterocycles. The zero-order valence-corrected chi connectivity index (χ0v) is 9.55. The van der Waals surface area contributed by atoms with Gasteiger partial charge < -0.3 is 5.73 Å². The summed E-state index contributed by atoms with van der Waals surface area (Å²) in [5.74, 6) is 0. The average Bonchev–Trinajstić information content (AvgIpc) is 2.62. The maximum atomic E-state index is 5.58. The Morgan fingerprint density at radius 2 is 2.00 bits per heavy atom. The van der Waals surface area contributed by atoms with Crippen LogP contribution in [0, 0.1) is 6.92 Å². The molecule has 0 bridgehead atoms. The van der Waals surface area contributed by atoms with Gasteiger partial charge in [-0.1, -0.05) is 30.3 Å². The van der Waals surface area contributed by atoms with E-state index in [-0.39, 0.29) is 0 Å². The lowest BCUT2D eigenvalue weighted by atomic mass is 10.1. The molecule has 0 aliphatic heterocycles. The van der Waals surface area contributed by atoms with Crippen molar-refractivity contribution in [3.8, 4) is 10.4 Å². The predicted octanol–water partition coefficient (Wildman–Crippen LogP) is 2.62. The second kappa shape index (κ2) is 4.55. The molecule has 3 heteroatoms. The third-order valence-electron chi connectivity index (χ3n) is 2.22. The minimum absolute atomic E-state index is 0.656. The highest BCUT2D eigenvalue weighted by atomic mass is 32.1. The lowest BCUT2D eigenvalue weighted by Crippen LogP contribution is -2.03. The molecular formula is C12H14N2S. The van der Waals surface area contributed by atoms with E-state index < -0.39 is 0 Å². The highest BCUT2D eigenvalue weighted by Crippen LogP contribution is 2.29. The van der Waals surface area contributed by atoms with E-state index in [1.165, 1.54) is 10.4 Å². The Morgan fingerprint density at radius 1 is 1.27 bits per heavy atom. The number of thiazole rings is 1. The molecule has 2 N–H and O–H groups in total. The van der Waals surface area contributed by atoms with Crippen LogP contribution >= 0.6 is 11.3 Å². The second-order valence-electron chi connectivity index (χ2n) is 3.41. The van der Waals surface area contributed by atoms with Gasteiger partial charge in [0.1, 0.15) is 0 Å². The maximum Gasteiger partial charge on any atom is 0.0903 e. The molecule has 0 spiro atoms. The number of aromatic nitrogens is 1. The molecule has 0 unspecified atom stereocenters. The van der Waals surface area contributed by atoms with E-state index in [4.69, 9.17) is 5.73 Å². The molecule has 2 nitrogen and oxygen atoms in total. The van der Waals surface area contributed by atoms with Gasteiger partial charge in [-0.15, -0.1) is 11.3 Å². The third-order valence-corrected chi connectivity index (χ3v) is 3.28. The van der Waals surface area contributed by atoms with Crippen molar-refractivity contribution in [3.05, 3.63) is 41.0 Å². The Labute approximate surface area is 93.8 Å². The van der Waals surface area contributed by atoms with E-state index in [1.807, 2.05) is 13.0 Å². The van der Waals surface area contributed by atoms with Crippen LogP contribution < -0.4 is 5.73 Å². The van der Waals surface area contributed by atoms with Gasteiger partial charge in [0.2, 0.25) is 0 Å². The molecule has 1 aromatic carbocycles. The number of rotatable bonds is 3. The van der Waals surface area contributed by atoms with Crippen LogP contribution in [0.15, 0.2) is 30.3 Å². The van der Waals surface area contributed by atoms with E-state index in [0.29, 0.717) is 6.54 Å². The van der Waals surface area contributed by atoms with Crippen molar-refractivity contribution in [1.29, 1.82) is 0 Å². The van der Waals surface area contributed by atoms with Crippen LogP contribution in [0.4, 0.5) is 0 Å². The van der Waals surface area contributed by atoms with Gasteiger partial charge in [0, 0.05) is 6.42 Å². The molecule has 0 saturated carbocycles. The first-order valence-electron chi connectivity index (χ1n) is 5.03. The molecule has 78 valence electrons. The van der Waals surface area contributed by atoms with Gasteiger partial charge in [-0.2, -0.15) is 0 Å². The average molecular weight is 218 g/mol. The Hall–Kier alpha value is -1.19. The fraction of sp³-hybridized carbons (Fsp3) is 0.250. The standard InChI is InChI=1S/C12H14N2S/c1-9-14-11(7-8-13)12(15-9)10-5-3-2-4-6-10/h2-6H,7-8,13H2,1H3. The fourth-order valence-corrected chi connectivity index (χ4v) is 2.56. The lowest BCUT2D eigenvalue weighted by molar-refractivity contribution is 0.931. The second-order valence-corrected chi connectivity index (χ2v) is 4.62. The molecule has 2 aromatic rings. The zero-order chi connectivity index (χ0) is 10.7. The minimum atomic E-state index is 0.656. The summed E-state index contributed by atoms with van der Waals surface area (Å²) in [6.45, 7) is 2.69. The van der Waals surface area contributed by atoms with E-state index in [1.54, 1.807) is 11.3 Å². The summed E-state index contributed by atoms with van der Waals surface area (Å²) in [7, 11) is 0. The third kappa shape index (κ3) is 2.25. The van der Waals surface area contributed by atoms with Gasteiger partial charge in [0.05, 0.1) is 15.6 Å². The van der Waals surface area contributed by atoms with Crippen LogP contribution in [0.25, 0.3) is 10.4 Å². The Kier molecular flexibility index (Phi) is 3.14. The Morgan fingerprint density at radius 3 is 2.67 bits per heavy atom. The molecule has 0 radical (unpaired) electrons. The zero-order valence-electron chi connectivity index (χ0n) is 8.73. The van der Waals surface area contributed by atoms with Crippen molar-refractivity contribution in [2.45, 2.75) is 13.3 Å². The first-order valence-corrected chi connectivity index (χ1v) is 5.84. The topological polar surface area (TPSA) is 38.9 Å². The molecule has 0 aliphatic rings. The van der Waals surface area contributed by atoms with E-state index in [9.17, 15) is 0 Å². The normalized spacial score (nSPS) is 10.5. The molecule has 0 fully saturated rings. The number of benzene rings is 1. The van der Waals surface area contributed by atoms with E-state index >= 15 is 0 Å². The van der Waals surface area contributed by atoms with Crippen LogP contribution in [0.3, 0.4) is 0 Å². The molecule has 1 aromatic heterocycles. The summed E-state index contributed by atoms with van der Waals surface area (Å²) >= 11 is 1.74. The van der Waals surface area contributed by atoms with Crippen molar-refractivity contribution in [1.82, 2.24) is 4.98 Å². The fourth-order valence-electron chi connectivity index (χ4n) is 1.59. The van der Waals surface area contributed by atoms with Crippen molar-refractivity contribution in [2.24, 2.45) is 5.73 Å². The van der Waals surface area contributed by atoms with Gasteiger partial charge in [0.25, 0.3) is 0 Å². The van der Waals surface area contributed by atoms with Crippen LogP contribution in [0.1, 0.15) is 10.7 Å².